The van der Waals surface area contributed by atoms with Crippen molar-refractivity contribution in [2.45, 2.75) is 6.54 Å². The molecule has 0 fully saturated rings. The Balaban J connectivity index is 1.95. The molecule has 1 aromatic carbocycles. The van der Waals surface area contributed by atoms with Crippen LogP contribution in [0.3, 0.4) is 0 Å². The Morgan fingerprint density at radius 1 is 1.10 bits per heavy atom. The number of aromatic nitrogens is 3. The number of hydrogen-bond donors (Lipinski definition) is 1. The van der Waals surface area contributed by atoms with Gasteiger partial charge in [-0.1, -0.05) is 11.6 Å². The van der Waals surface area contributed by atoms with Crippen molar-refractivity contribution in [3.05, 3.63) is 65.7 Å². The van der Waals surface area contributed by atoms with Crippen molar-refractivity contribution in [2.75, 3.05) is 5.73 Å². The fourth-order valence-electron chi connectivity index (χ4n) is 2.05. The van der Waals surface area contributed by atoms with E-state index >= 15 is 0 Å². The molecule has 3 rings (SSSR count). The zero-order valence-corrected chi connectivity index (χ0v) is 11.5. The maximum Gasteiger partial charge on any atom is 0.140 e. The third-order valence-corrected chi connectivity index (χ3v) is 3.42. The highest BCUT2D eigenvalue weighted by atomic mass is 35.5. The van der Waals surface area contributed by atoms with Gasteiger partial charge in [0.05, 0.1) is 11.6 Å². The number of hydrogen-bond acceptors (Lipinski definition) is 3. The van der Waals surface area contributed by atoms with E-state index in [4.69, 9.17) is 17.3 Å². The van der Waals surface area contributed by atoms with Crippen LogP contribution in [0.1, 0.15) is 5.56 Å². The predicted molar refractivity (Wildman–Crippen MR) is 80.4 cm³/mol. The Morgan fingerprint density at radius 3 is 2.65 bits per heavy atom. The first-order chi connectivity index (χ1) is 9.74. The van der Waals surface area contributed by atoms with Gasteiger partial charge in [-0.25, -0.2) is 4.98 Å². The summed E-state index contributed by atoms with van der Waals surface area (Å²) in [4.78, 5) is 8.40. The Morgan fingerprint density at radius 2 is 1.90 bits per heavy atom. The maximum absolute atomic E-state index is 6.15. The summed E-state index contributed by atoms with van der Waals surface area (Å²) in [5.74, 6) is 0.887. The average Bonchev–Trinajstić information content (AvgIpc) is 2.90. The summed E-state index contributed by atoms with van der Waals surface area (Å²) >= 11 is 6.15. The van der Waals surface area contributed by atoms with E-state index in [2.05, 4.69) is 9.97 Å². The maximum atomic E-state index is 6.15. The number of rotatable bonds is 3. The van der Waals surface area contributed by atoms with Gasteiger partial charge in [0.15, 0.2) is 0 Å². The van der Waals surface area contributed by atoms with Gasteiger partial charge in [-0.2, -0.15) is 0 Å². The van der Waals surface area contributed by atoms with Crippen molar-refractivity contribution in [2.24, 2.45) is 0 Å². The molecular weight excluding hydrogens is 272 g/mol. The Labute approximate surface area is 121 Å². The molecule has 0 amide bonds. The van der Waals surface area contributed by atoms with Crippen LogP contribution in [0, 0.1) is 0 Å². The Kier molecular flexibility index (Phi) is 3.39. The van der Waals surface area contributed by atoms with Gasteiger partial charge in [0, 0.05) is 36.0 Å². The van der Waals surface area contributed by atoms with E-state index in [9.17, 15) is 0 Å². The molecule has 100 valence electrons. The highest BCUT2D eigenvalue weighted by molar-refractivity contribution is 6.31. The number of anilines is 1. The summed E-state index contributed by atoms with van der Waals surface area (Å²) in [5.41, 5.74) is 8.48. The number of benzene rings is 1. The minimum absolute atomic E-state index is 0.654. The third kappa shape index (κ3) is 2.51. The van der Waals surface area contributed by atoms with E-state index in [0.29, 0.717) is 11.6 Å². The second-order valence-corrected chi connectivity index (χ2v) is 4.88. The van der Waals surface area contributed by atoms with Crippen molar-refractivity contribution in [3.8, 4) is 11.4 Å². The Hall–Kier alpha value is -2.33. The van der Waals surface area contributed by atoms with Crippen LogP contribution in [0.2, 0.25) is 5.02 Å². The molecule has 2 N–H and O–H groups in total. The van der Waals surface area contributed by atoms with Gasteiger partial charge in [-0.05, 0) is 35.9 Å². The zero-order valence-electron chi connectivity index (χ0n) is 10.7. The van der Waals surface area contributed by atoms with E-state index in [1.165, 1.54) is 0 Å². The number of nitrogens with zero attached hydrogens (tertiary/aromatic N) is 3. The van der Waals surface area contributed by atoms with Gasteiger partial charge >= 0.3 is 0 Å². The standard InChI is InChI=1S/C15H13ClN4/c16-14-9-18-6-5-12(14)10-20-8-7-19-15(20)11-1-3-13(17)4-2-11/h1-9H,10,17H2. The van der Waals surface area contributed by atoms with Gasteiger partial charge in [0.1, 0.15) is 5.82 Å². The van der Waals surface area contributed by atoms with Crippen LogP contribution in [0.4, 0.5) is 5.69 Å². The van der Waals surface area contributed by atoms with Gasteiger partial charge in [0.25, 0.3) is 0 Å². The first-order valence-corrected chi connectivity index (χ1v) is 6.57. The van der Waals surface area contributed by atoms with Crippen molar-refractivity contribution in [3.63, 3.8) is 0 Å². The fourth-order valence-corrected chi connectivity index (χ4v) is 2.22. The molecule has 0 spiro atoms. The number of imidazole rings is 1. The molecule has 0 atom stereocenters. The lowest BCUT2D eigenvalue weighted by molar-refractivity contribution is 0.805. The zero-order chi connectivity index (χ0) is 13.9. The Bertz CT molecular complexity index is 719. The number of pyridine rings is 1. The topological polar surface area (TPSA) is 56.7 Å². The summed E-state index contributed by atoms with van der Waals surface area (Å²) in [6, 6.07) is 9.57. The molecular formula is C15H13ClN4. The van der Waals surface area contributed by atoms with Crippen LogP contribution in [-0.2, 0) is 6.54 Å². The van der Waals surface area contributed by atoms with E-state index in [1.807, 2.05) is 41.1 Å². The minimum atomic E-state index is 0.654. The van der Waals surface area contributed by atoms with Crippen LogP contribution in [0.5, 0.6) is 0 Å². The monoisotopic (exact) mass is 284 g/mol. The molecule has 3 aromatic rings. The molecule has 20 heavy (non-hydrogen) atoms. The lowest BCUT2D eigenvalue weighted by atomic mass is 10.2. The van der Waals surface area contributed by atoms with E-state index in [-0.39, 0.29) is 0 Å². The third-order valence-electron chi connectivity index (χ3n) is 3.08. The SMILES string of the molecule is Nc1ccc(-c2nccn2Cc2ccncc2Cl)cc1. The molecule has 0 aliphatic carbocycles. The number of nitrogen functional groups attached to an aromatic ring is 1. The molecule has 0 bridgehead atoms. The molecule has 0 radical (unpaired) electrons. The molecule has 0 aliphatic heterocycles. The highest BCUT2D eigenvalue weighted by Crippen LogP contribution is 2.21. The second kappa shape index (κ2) is 5.35. The lowest BCUT2D eigenvalue weighted by Gasteiger charge is -2.09. The number of halogens is 1. The molecule has 0 saturated carbocycles. The van der Waals surface area contributed by atoms with Crippen LogP contribution in [0.25, 0.3) is 11.4 Å². The summed E-state index contributed by atoms with van der Waals surface area (Å²) in [6.45, 7) is 0.654. The largest absolute Gasteiger partial charge is 0.399 e. The molecule has 0 aliphatic rings. The van der Waals surface area contributed by atoms with E-state index in [0.717, 1.165) is 22.6 Å². The normalized spacial score (nSPS) is 10.7. The molecule has 4 nitrogen and oxygen atoms in total. The van der Waals surface area contributed by atoms with E-state index in [1.54, 1.807) is 18.6 Å². The summed E-state index contributed by atoms with van der Waals surface area (Å²) < 4.78 is 2.05. The molecule has 0 saturated heterocycles. The van der Waals surface area contributed by atoms with Crippen LogP contribution >= 0.6 is 11.6 Å². The fraction of sp³-hybridized carbons (Fsp3) is 0.0667. The lowest BCUT2D eigenvalue weighted by Crippen LogP contribution is -2.02. The van der Waals surface area contributed by atoms with E-state index < -0.39 is 0 Å². The van der Waals surface area contributed by atoms with Crippen LogP contribution in [-0.4, -0.2) is 14.5 Å². The first-order valence-electron chi connectivity index (χ1n) is 6.19. The van der Waals surface area contributed by atoms with Crippen LogP contribution < -0.4 is 5.73 Å². The summed E-state index contributed by atoms with van der Waals surface area (Å²) in [5, 5.41) is 0.657. The second-order valence-electron chi connectivity index (χ2n) is 4.47. The quantitative estimate of drug-likeness (QED) is 0.751. The predicted octanol–water partition coefficient (Wildman–Crippen LogP) is 3.23. The number of nitrogens with two attached hydrogens (primary N) is 1. The van der Waals surface area contributed by atoms with Crippen LogP contribution in [0.15, 0.2) is 55.1 Å². The van der Waals surface area contributed by atoms with Crippen molar-refractivity contribution in [1.82, 2.24) is 14.5 Å². The first kappa shape index (κ1) is 12.7. The smallest absolute Gasteiger partial charge is 0.140 e. The molecule has 2 aromatic heterocycles. The highest BCUT2D eigenvalue weighted by Gasteiger charge is 2.08. The van der Waals surface area contributed by atoms with Gasteiger partial charge in [-0.3, -0.25) is 4.98 Å². The summed E-state index contributed by atoms with van der Waals surface area (Å²) in [7, 11) is 0. The van der Waals surface area contributed by atoms with Crippen molar-refractivity contribution in [1.29, 1.82) is 0 Å². The van der Waals surface area contributed by atoms with Gasteiger partial charge in [0.2, 0.25) is 0 Å². The molecule has 5 heteroatoms. The minimum Gasteiger partial charge on any atom is -0.399 e. The average molecular weight is 285 g/mol. The molecule has 2 heterocycles. The van der Waals surface area contributed by atoms with Gasteiger partial charge < -0.3 is 10.3 Å². The van der Waals surface area contributed by atoms with Gasteiger partial charge in [-0.15, -0.1) is 0 Å². The summed E-state index contributed by atoms with van der Waals surface area (Å²) in [6.07, 6.45) is 7.10. The molecule has 0 unspecified atom stereocenters. The van der Waals surface area contributed by atoms with Crippen molar-refractivity contribution < 1.29 is 0 Å². The van der Waals surface area contributed by atoms with Crippen molar-refractivity contribution >= 4 is 17.3 Å².